The number of hydrogen-bond donors (Lipinski definition) is 0. The number of nitrogens with zero attached hydrogens (tertiary/aromatic N) is 2. The highest BCUT2D eigenvalue weighted by Crippen LogP contribution is 2.17. The van der Waals surface area contributed by atoms with Crippen LogP contribution in [0.4, 0.5) is 11.4 Å². The number of benzene rings is 1. The predicted molar refractivity (Wildman–Crippen MR) is 60.5 cm³/mol. The van der Waals surface area contributed by atoms with E-state index in [0.29, 0.717) is 0 Å². The van der Waals surface area contributed by atoms with Crippen LogP contribution >= 0.6 is 0 Å². The van der Waals surface area contributed by atoms with Crippen molar-refractivity contribution in [3.05, 3.63) is 18.2 Å². The van der Waals surface area contributed by atoms with E-state index in [4.69, 9.17) is 7.85 Å². The SMILES string of the molecule is [B]c1cc(N(C)C)cc(N(C)C)c1. The Balaban J connectivity index is 3.11. The van der Waals surface area contributed by atoms with Crippen molar-refractivity contribution >= 4 is 24.7 Å². The van der Waals surface area contributed by atoms with E-state index >= 15 is 0 Å². The smallest absolute Gasteiger partial charge is 0.114 e. The molecule has 3 heteroatoms. The molecule has 1 aromatic carbocycles. The lowest BCUT2D eigenvalue weighted by Crippen LogP contribution is -2.16. The Bertz CT molecular complexity index is 269. The molecule has 0 heterocycles. The summed E-state index contributed by atoms with van der Waals surface area (Å²) in [4.78, 5) is 4.09. The molecular weight excluding hydrogens is 159 g/mol. The highest BCUT2D eigenvalue weighted by molar-refractivity contribution is 6.33. The highest BCUT2D eigenvalue weighted by atomic mass is 15.1. The number of rotatable bonds is 2. The van der Waals surface area contributed by atoms with Crippen LogP contribution in [0.5, 0.6) is 0 Å². The third kappa shape index (κ3) is 2.41. The largest absolute Gasteiger partial charge is 0.378 e. The van der Waals surface area contributed by atoms with Crippen molar-refractivity contribution in [2.75, 3.05) is 38.0 Å². The molecule has 0 N–H and O–H groups in total. The fourth-order valence-electron chi connectivity index (χ4n) is 1.13. The monoisotopic (exact) mass is 174 g/mol. The minimum Gasteiger partial charge on any atom is -0.378 e. The molecule has 68 valence electrons. The van der Waals surface area contributed by atoms with Gasteiger partial charge < -0.3 is 9.80 Å². The Morgan fingerprint density at radius 1 is 0.846 bits per heavy atom. The molecule has 0 bridgehead atoms. The van der Waals surface area contributed by atoms with Crippen LogP contribution in [0.15, 0.2) is 18.2 Å². The summed E-state index contributed by atoms with van der Waals surface area (Å²) in [7, 11) is 13.8. The van der Waals surface area contributed by atoms with Crippen LogP contribution < -0.4 is 15.3 Å². The summed E-state index contributed by atoms with van der Waals surface area (Å²) in [6, 6.07) is 6.04. The lowest BCUT2D eigenvalue weighted by atomic mass is 9.95. The molecule has 0 saturated carbocycles. The van der Waals surface area contributed by atoms with Gasteiger partial charge in [0.1, 0.15) is 7.85 Å². The zero-order valence-electron chi connectivity index (χ0n) is 8.70. The summed E-state index contributed by atoms with van der Waals surface area (Å²) in [5, 5.41) is 0. The fraction of sp³-hybridized carbons (Fsp3) is 0.400. The minimum absolute atomic E-state index is 0.801. The zero-order chi connectivity index (χ0) is 10.0. The molecule has 0 aliphatic carbocycles. The van der Waals surface area contributed by atoms with Gasteiger partial charge in [-0.2, -0.15) is 0 Å². The lowest BCUT2D eigenvalue weighted by molar-refractivity contribution is 1.10. The Morgan fingerprint density at radius 3 is 1.54 bits per heavy atom. The molecule has 0 atom stereocenters. The van der Waals surface area contributed by atoms with Crippen molar-refractivity contribution in [2.24, 2.45) is 0 Å². The molecule has 1 rings (SSSR count). The summed E-state index contributed by atoms with van der Waals surface area (Å²) in [5.41, 5.74) is 3.06. The first-order valence-corrected chi connectivity index (χ1v) is 4.26. The maximum Gasteiger partial charge on any atom is 0.114 e. The molecule has 0 fully saturated rings. The first kappa shape index (κ1) is 9.97. The van der Waals surface area contributed by atoms with Crippen molar-refractivity contribution in [1.82, 2.24) is 0 Å². The van der Waals surface area contributed by atoms with E-state index in [9.17, 15) is 0 Å². The molecule has 13 heavy (non-hydrogen) atoms. The average molecular weight is 174 g/mol. The quantitative estimate of drug-likeness (QED) is 0.606. The molecule has 1 aromatic rings. The molecule has 0 unspecified atom stereocenters. The zero-order valence-corrected chi connectivity index (χ0v) is 8.70. The summed E-state index contributed by atoms with van der Waals surface area (Å²) >= 11 is 0. The second-order valence-electron chi connectivity index (χ2n) is 3.57. The third-order valence-electron chi connectivity index (χ3n) is 1.96. The first-order chi connectivity index (χ1) is 6.00. The van der Waals surface area contributed by atoms with Gasteiger partial charge in [-0.25, -0.2) is 0 Å². The normalized spacial score (nSPS) is 9.85. The van der Waals surface area contributed by atoms with Crippen LogP contribution in [0.1, 0.15) is 0 Å². The number of hydrogen-bond acceptors (Lipinski definition) is 2. The topological polar surface area (TPSA) is 6.48 Å². The number of anilines is 2. The van der Waals surface area contributed by atoms with E-state index in [1.54, 1.807) is 0 Å². The third-order valence-corrected chi connectivity index (χ3v) is 1.96. The summed E-state index contributed by atoms with van der Waals surface area (Å²) in [6.07, 6.45) is 0. The molecule has 2 nitrogen and oxygen atoms in total. The summed E-state index contributed by atoms with van der Waals surface area (Å²) < 4.78 is 0. The van der Waals surface area contributed by atoms with Crippen molar-refractivity contribution < 1.29 is 0 Å². The van der Waals surface area contributed by atoms with Gasteiger partial charge in [0.2, 0.25) is 0 Å². The van der Waals surface area contributed by atoms with Crippen LogP contribution in [0.2, 0.25) is 0 Å². The van der Waals surface area contributed by atoms with Crippen LogP contribution in [0.25, 0.3) is 0 Å². The van der Waals surface area contributed by atoms with Crippen LogP contribution in [-0.4, -0.2) is 36.0 Å². The molecule has 0 aliphatic rings. The Hall–Kier alpha value is -1.12. The van der Waals surface area contributed by atoms with E-state index in [1.165, 1.54) is 0 Å². The van der Waals surface area contributed by atoms with Gasteiger partial charge in [0.15, 0.2) is 0 Å². The predicted octanol–water partition coefficient (Wildman–Crippen LogP) is 0.612. The van der Waals surface area contributed by atoms with Crippen molar-refractivity contribution in [2.45, 2.75) is 0 Å². The molecule has 2 radical (unpaired) electrons. The molecule has 0 saturated heterocycles. The van der Waals surface area contributed by atoms with E-state index in [2.05, 4.69) is 6.07 Å². The second kappa shape index (κ2) is 3.73. The maximum atomic E-state index is 5.78. The van der Waals surface area contributed by atoms with Crippen molar-refractivity contribution in [3.8, 4) is 0 Å². The Morgan fingerprint density at radius 2 is 1.23 bits per heavy atom. The fourth-order valence-corrected chi connectivity index (χ4v) is 1.13. The molecular formula is C10H15BN2. The van der Waals surface area contributed by atoms with Gasteiger partial charge in [0.05, 0.1) is 0 Å². The Labute approximate surface area is 81.6 Å². The van der Waals surface area contributed by atoms with Gasteiger partial charge in [-0.3, -0.25) is 0 Å². The van der Waals surface area contributed by atoms with Gasteiger partial charge in [-0.05, 0) is 18.2 Å². The van der Waals surface area contributed by atoms with Gasteiger partial charge in [-0.15, -0.1) is 0 Å². The van der Waals surface area contributed by atoms with Gasteiger partial charge in [0, 0.05) is 39.6 Å². The van der Waals surface area contributed by atoms with Crippen LogP contribution in [0.3, 0.4) is 0 Å². The van der Waals surface area contributed by atoms with E-state index < -0.39 is 0 Å². The second-order valence-corrected chi connectivity index (χ2v) is 3.57. The average Bonchev–Trinajstić information content (AvgIpc) is 2.03. The lowest BCUT2D eigenvalue weighted by Gasteiger charge is -2.19. The van der Waals surface area contributed by atoms with Crippen LogP contribution in [0, 0.1) is 0 Å². The molecule has 0 aromatic heterocycles. The highest BCUT2D eigenvalue weighted by Gasteiger charge is 2.00. The first-order valence-electron chi connectivity index (χ1n) is 4.26. The molecule has 0 spiro atoms. The molecule has 0 aliphatic heterocycles. The van der Waals surface area contributed by atoms with Gasteiger partial charge in [-0.1, -0.05) is 5.46 Å². The summed E-state index contributed by atoms with van der Waals surface area (Å²) in [5.74, 6) is 0. The Kier molecular flexibility index (Phi) is 2.86. The van der Waals surface area contributed by atoms with E-state index in [-0.39, 0.29) is 0 Å². The van der Waals surface area contributed by atoms with Crippen molar-refractivity contribution in [3.63, 3.8) is 0 Å². The van der Waals surface area contributed by atoms with E-state index in [1.807, 2.05) is 50.1 Å². The van der Waals surface area contributed by atoms with Gasteiger partial charge in [0.25, 0.3) is 0 Å². The standard InChI is InChI=1S/C10H15BN2/c1-12(2)9-5-8(11)6-10(7-9)13(3)4/h5-7H,1-4H3. The van der Waals surface area contributed by atoms with Gasteiger partial charge >= 0.3 is 0 Å². The molecule has 0 amide bonds. The minimum atomic E-state index is 0.801. The van der Waals surface area contributed by atoms with Crippen LogP contribution in [-0.2, 0) is 0 Å². The summed E-state index contributed by atoms with van der Waals surface area (Å²) in [6.45, 7) is 0. The van der Waals surface area contributed by atoms with E-state index in [0.717, 1.165) is 16.8 Å². The van der Waals surface area contributed by atoms with Crippen molar-refractivity contribution in [1.29, 1.82) is 0 Å². The maximum absolute atomic E-state index is 5.78.